The number of carboxylic acids is 1. The molecule has 104 valence electrons. The highest BCUT2D eigenvalue weighted by atomic mass is 16.4. The van der Waals surface area contributed by atoms with Crippen molar-refractivity contribution in [2.24, 2.45) is 0 Å². The lowest BCUT2D eigenvalue weighted by Gasteiger charge is -2.09. The van der Waals surface area contributed by atoms with Crippen molar-refractivity contribution in [2.45, 2.75) is 20.3 Å². The molecule has 0 atom stereocenters. The van der Waals surface area contributed by atoms with Crippen molar-refractivity contribution in [3.8, 4) is 0 Å². The van der Waals surface area contributed by atoms with E-state index in [1.807, 2.05) is 14.1 Å². The van der Waals surface area contributed by atoms with Crippen LogP contribution in [0.3, 0.4) is 0 Å². The zero-order chi connectivity index (χ0) is 14.7. The van der Waals surface area contributed by atoms with Gasteiger partial charge in [-0.2, -0.15) is 0 Å². The Morgan fingerprint density at radius 2 is 1.61 bits per heavy atom. The standard InChI is InChI=1S/C9H18N2O.C4H6O2/c1-8(2)9(12)10-6-5-7-11(3)4;1-3(2)4(5)6/h1,5-7H2,2-4H3,(H,10,12);1H2,2H3,(H,5,6). The van der Waals surface area contributed by atoms with Crippen LogP contribution in [0.2, 0.25) is 0 Å². The van der Waals surface area contributed by atoms with Gasteiger partial charge in [0.2, 0.25) is 5.91 Å². The number of carbonyl (C=O) groups is 2. The average molecular weight is 256 g/mol. The molecular weight excluding hydrogens is 232 g/mol. The molecular formula is C13H24N2O3. The summed E-state index contributed by atoms with van der Waals surface area (Å²) in [4.78, 5) is 22.7. The van der Waals surface area contributed by atoms with Gasteiger partial charge < -0.3 is 15.3 Å². The predicted molar refractivity (Wildman–Crippen MR) is 73.4 cm³/mol. The molecule has 2 N–H and O–H groups in total. The molecule has 0 radical (unpaired) electrons. The van der Waals surface area contributed by atoms with Crippen LogP contribution in [0.25, 0.3) is 0 Å². The van der Waals surface area contributed by atoms with Crippen LogP contribution in [-0.2, 0) is 9.59 Å². The summed E-state index contributed by atoms with van der Waals surface area (Å²) in [6.45, 7) is 11.6. The molecule has 0 spiro atoms. The lowest BCUT2D eigenvalue weighted by atomic mass is 10.3. The predicted octanol–water partition coefficient (Wildman–Crippen LogP) is 1.28. The average Bonchev–Trinajstić information content (AvgIpc) is 2.24. The second kappa shape index (κ2) is 10.5. The van der Waals surface area contributed by atoms with Gasteiger partial charge in [0, 0.05) is 17.7 Å². The zero-order valence-corrected chi connectivity index (χ0v) is 11.7. The third kappa shape index (κ3) is 14.4. The van der Waals surface area contributed by atoms with Crippen LogP contribution < -0.4 is 5.32 Å². The SMILES string of the molecule is C=C(C)C(=O)NCCCN(C)C.C=C(C)C(=O)O. The number of hydrogen-bond donors (Lipinski definition) is 2. The largest absolute Gasteiger partial charge is 0.478 e. The molecule has 0 aliphatic carbocycles. The minimum absolute atomic E-state index is 0.0474. The maximum atomic E-state index is 11.0. The topological polar surface area (TPSA) is 69.6 Å². The van der Waals surface area contributed by atoms with Crippen molar-refractivity contribution in [2.75, 3.05) is 27.2 Å². The number of carbonyl (C=O) groups excluding carboxylic acids is 1. The van der Waals surface area contributed by atoms with Crippen LogP contribution in [0.15, 0.2) is 24.3 Å². The van der Waals surface area contributed by atoms with Crippen LogP contribution in [-0.4, -0.2) is 49.1 Å². The van der Waals surface area contributed by atoms with E-state index < -0.39 is 5.97 Å². The second-order valence-corrected chi connectivity index (χ2v) is 4.28. The Hall–Kier alpha value is -1.62. The van der Waals surface area contributed by atoms with E-state index in [0.29, 0.717) is 5.57 Å². The Kier molecular flexibility index (Phi) is 11.0. The molecule has 0 fully saturated rings. The third-order valence-corrected chi connectivity index (χ3v) is 1.82. The number of nitrogens with zero attached hydrogens (tertiary/aromatic N) is 1. The molecule has 0 heterocycles. The fraction of sp³-hybridized carbons (Fsp3) is 0.538. The number of nitrogens with one attached hydrogen (secondary N) is 1. The molecule has 0 unspecified atom stereocenters. The van der Waals surface area contributed by atoms with Gasteiger partial charge in [-0.05, 0) is 40.9 Å². The highest BCUT2D eigenvalue weighted by Crippen LogP contribution is 1.86. The van der Waals surface area contributed by atoms with Crippen LogP contribution >= 0.6 is 0 Å². The van der Waals surface area contributed by atoms with E-state index in [-0.39, 0.29) is 11.5 Å². The number of rotatable bonds is 6. The molecule has 5 nitrogen and oxygen atoms in total. The van der Waals surface area contributed by atoms with Crippen LogP contribution in [0, 0.1) is 0 Å². The van der Waals surface area contributed by atoms with E-state index in [0.717, 1.165) is 19.5 Å². The minimum atomic E-state index is -0.935. The molecule has 0 aliphatic heterocycles. The van der Waals surface area contributed by atoms with Gasteiger partial charge in [0.1, 0.15) is 0 Å². The van der Waals surface area contributed by atoms with Crippen molar-refractivity contribution in [1.29, 1.82) is 0 Å². The first kappa shape index (κ1) is 18.7. The Balaban J connectivity index is 0. The second-order valence-electron chi connectivity index (χ2n) is 4.28. The highest BCUT2D eigenvalue weighted by Gasteiger charge is 1.99. The number of aliphatic carboxylic acids is 1. The molecule has 5 heteroatoms. The zero-order valence-electron chi connectivity index (χ0n) is 11.7. The Labute approximate surface area is 109 Å². The normalized spacial score (nSPS) is 9.17. The van der Waals surface area contributed by atoms with Crippen molar-refractivity contribution in [1.82, 2.24) is 10.2 Å². The van der Waals surface area contributed by atoms with Crippen molar-refractivity contribution >= 4 is 11.9 Å². The van der Waals surface area contributed by atoms with E-state index in [1.54, 1.807) is 6.92 Å². The van der Waals surface area contributed by atoms with Gasteiger partial charge >= 0.3 is 5.97 Å². The van der Waals surface area contributed by atoms with E-state index in [9.17, 15) is 9.59 Å². The van der Waals surface area contributed by atoms with Gasteiger partial charge in [0.15, 0.2) is 0 Å². The number of hydrogen-bond acceptors (Lipinski definition) is 3. The fourth-order valence-electron chi connectivity index (χ4n) is 0.748. The van der Waals surface area contributed by atoms with Crippen LogP contribution in [0.5, 0.6) is 0 Å². The third-order valence-electron chi connectivity index (χ3n) is 1.82. The summed E-state index contributed by atoms with van der Waals surface area (Å²) in [6, 6.07) is 0. The summed E-state index contributed by atoms with van der Waals surface area (Å²) in [7, 11) is 4.03. The van der Waals surface area contributed by atoms with Gasteiger partial charge in [-0.15, -0.1) is 0 Å². The maximum absolute atomic E-state index is 11.0. The summed E-state index contributed by atoms with van der Waals surface area (Å²) >= 11 is 0. The first-order chi connectivity index (χ1) is 8.18. The highest BCUT2D eigenvalue weighted by molar-refractivity contribution is 5.92. The molecule has 18 heavy (non-hydrogen) atoms. The summed E-state index contributed by atoms with van der Waals surface area (Å²) < 4.78 is 0. The number of carboxylic acid groups (broad SMARTS) is 1. The van der Waals surface area contributed by atoms with Gasteiger partial charge in [0.05, 0.1) is 0 Å². The molecule has 0 saturated heterocycles. The molecule has 0 bridgehead atoms. The monoisotopic (exact) mass is 256 g/mol. The lowest BCUT2D eigenvalue weighted by molar-refractivity contribution is -0.132. The number of amides is 1. The van der Waals surface area contributed by atoms with E-state index in [2.05, 4.69) is 23.4 Å². The van der Waals surface area contributed by atoms with E-state index in [4.69, 9.17) is 5.11 Å². The molecule has 0 aromatic carbocycles. The Morgan fingerprint density at radius 3 is 1.89 bits per heavy atom. The van der Waals surface area contributed by atoms with Gasteiger partial charge in [-0.1, -0.05) is 13.2 Å². The van der Waals surface area contributed by atoms with Crippen molar-refractivity contribution in [3.63, 3.8) is 0 Å². The van der Waals surface area contributed by atoms with E-state index >= 15 is 0 Å². The van der Waals surface area contributed by atoms with Crippen molar-refractivity contribution in [3.05, 3.63) is 24.3 Å². The first-order valence-electron chi connectivity index (χ1n) is 5.65. The van der Waals surface area contributed by atoms with Gasteiger partial charge in [0.25, 0.3) is 0 Å². The Bertz CT molecular complexity index is 297. The molecule has 0 aromatic heterocycles. The summed E-state index contributed by atoms with van der Waals surface area (Å²) in [6.07, 6.45) is 0.978. The summed E-state index contributed by atoms with van der Waals surface area (Å²) in [5.41, 5.74) is 0.745. The molecule has 0 aromatic rings. The summed E-state index contributed by atoms with van der Waals surface area (Å²) in [5, 5.41) is 10.7. The van der Waals surface area contributed by atoms with Crippen LogP contribution in [0.1, 0.15) is 20.3 Å². The summed E-state index contributed by atoms with van der Waals surface area (Å²) in [5.74, 6) is -0.983. The maximum Gasteiger partial charge on any atom is 0.330 e. The molecule has 1 amide bonds. The smallest absolute Gasteiger partial charge is 0.330 e. The Morgan fingerprint density at radius 1 is 1.17 bits per heavy atom. The van der Waals surface area contributed by atoms with Crippen molar-refractivity contribution < 1.29 is 14.7 Å². The quantitative estimate of drug-likeness (QED) is 0.555. The van der Waals surface area contributed by atoms with Crippen LogP contribution in [0.4, 0.5) is 0 Å². The van der Waals surface area contributed by atoms with Gasteiger partial charge in [-0.3, -0.25) is 4.79 Å². The minimum Gasteiger partial charge on any atom is -0.478 e. The molecule has 0 saturated carbocycles. The first-order valence-corrected chi connectivity index (χ1v) is 5.65. The lowest BCUT2D eigenvalue weighted by Crippen LogP contribution is -2.27. The molecule has 0 rings (SSSR count). The van der Waals surface area contributed by atoms with E-state index in [1.165, 1.54) is 6.92 Å². The molecule has 0 aliphatic rings. The fourth-order valence-corrected chi connectivity index (χ4v) is 0.748. The van der Waals surface area contributed by atoms with Gasteiger partial charge in [-0.25, -0.2) is 4.79 Å².